The second-order valence-electron chi connectivity index (χ2n) is 5.64. The molecule has 0 bridgehead atoms. The average Bonchev–Trinajstić information content (AvgIpc) is 2.46. The third-order valence-corrected chi connectivity index (χ3v) is 4.59. The molecule has 1 atom stereocenters. The Morgan fingerprint density at radius 3 is 2.47 bits per heavy atom. The Balaban J connectivity index is 1.75. The summed E-state index contributed by atoms with van der Waals surface area (Å²) in [6.45, 7) is 5.90. The van der Waals surface area contributed by atoms with Crippen LogP contribution in [-0.2, 0) is 0 Å². The summed E-state index contributed by atoms with van der Waals surface area (Å²) < 4.78 is 0. The van der Waals surface area contributed by atoms with Crippen molar-refractivity contribution in [1.82, 2.24) is 4.90 Å². The highest BCUT2D eigenvalue weighted by molar-refractivity contribution is 6.30. The Morgan fingerprint density at radius 1 is 1.26 bits per heavy atom. The van der Waals surface area contributed by atoms with Gasteiger partial charge in [0.1, 0.15) is 0 Å². The first-order valence-electron chi connectivity index (χ1n) is 7.42. The maximum absolute atomic E-state index is 6.25. The summed E-state index contributed by atoms with van der Waals surface area (Å²) in [5.74, 6) is 0.946. The zero-order valence-electron chi connectivity index (χ0n) is 11.8. The van der Waals surface area contributed by atoms with Crippen LogP contribution in [0.4, 0.5) is 0 Å². The topological polar surface area (TPSA) is 29.3 Å². The molecule has 0 aliphatic carbocycles. The molecule has 2 rings (SSSR count). The lowest BCUT2D eigenvalue weighted by molar-refractivity contribution is 0.177. The summed E-state index contributed by atoms with van der Waals surface area (Å²) in [4.78, 5) is 2.56. The molecule has 0 aromatic heterocycles. The second kappa shape index (κ2) is 7.28. The van der Waals surface area contributed by atoms with E-state index >= 15 is 0 Å². The molecule has 1 aromatic carbocycles. The predicted octanol–water partition coefficient (Wildman–Crippen LogP) is 3.85. The highest BCUT2D eigenvalue weighted by atomic mass is 35.5. The summed E-state index contributed by atoms with van der Waals surface area (Å²) in [7, 11) is 0. The Bertz CT molecular complexity index is 369. The summed E-state index contributed by atoms with van der Waals surface area (Å²) in [5, 5.41) is 0.776. The highest BCUT2D eigenvalue weighted by Crippen LogP contribution is 2.22. The van der Waals surface area contributed by atoms with Crippen molar-refractivity contribution in [3.63, 3.8) is 0 Å². The fourth-order valence-electron chi connectivity index (χ4n) is 2.82. The molecule has 19 heavy (non-hydrogen) atoms. The van der Waals surface area contributed by atoms with Gasteiger partial charge < -0.3 is 10.6 Å². The number of halogens is 1. The van der Waals surface area contributed by atoms with Gasteiger partial charge in [-0.2, -0.15) is 0 Å². The average molecular weight is 281 g/mol. The lowest BCUT2D eigenvalue weighted by Crippen LogP contribution is -2.35. The van der Waals surface area contributed by atoms with Crippen LogP contribution in [0, 0.1) is 5.92 Å². The van der Waals surface area contributed by atoms with Crippen molar-refractivity contribution in [2.45, 2.75) is 38.6 Å². The quantitative estimate of drug-likeness (QED) is 0.888. The van der Waals surface area contributed by atoms with E-state index in [1.165, 1.54) is 37.9 Å². The van der Waals surface area contributed by atoms with Crippen molar-refractivity contribution < 1.29 is 0 Å². The van der Waals surface area contributed by atoms with E-state index in [0.717, 1.165) is 23.9 Å². The van der Waals surface area contributed by atoms with Gasteiger partial charge in [0.05, 0.1) is 0 Å². The lowest BCUT2D eigenvalue weighted by atomic mass is 9.94. The number of nitrogens with zero attached hydrogens (tertiary/aromatic N) is 1. The van der Waals surface area contributed by atoms with Gasteiger partial charge in [-0.3, -0.25) is 0 Å². The molecule has 2 nitrogen and oxygen atoms in total. The van der Waals surface area contributed by atoms with Crippen LogP contribution < -0.4 is 5.73 Å². The van der Waals surface area contributed by atoms with E-state index in [0.29, 0.717) is 0 Å². The van der Waals surface area contributed by atoms with Crippen LogP contribution in [0.2, 0.25) is 5.02 Å². The molecule has 1 aromatic rings. The number of rotatable bonds is 5. The molecule has 2 N–H and O–H groups in total. The maximum atomic E-state index is 6.25. The van der Waals surface area contributed by atoms with Crippen LogP contribution in [0.5, 0.6) is 0 Å². The Labute approximate surface area is 121 Å². The van der Waals surface area contributed by atoms with Crippen molar-refractivity contribution in [3.05, 3.63) is 34.9 Å². The van der Waals surface area contributed by atoms with Gasteiger partial charge in [0.15, 0.2) is 0 Å². The van der Waals surface area contributed by atoms with Crippen molar-refractivity contribution >= 4 is 11.6 Å². The van der Waals surface area contributed by atoms with Crippen LogP contribution in [-0.4, -0.2) is 24.5 Å². The minimum Gasteiger partial charge on any atom is -0.324 e. The third-order valence-electron chi connectivity index (χ3n) is 4.34. The van der Waals surface area contributed by atoms with E-state index in [-0.39, 0.29) is 6.04 Å². The van der Waals surface area contributed by atoms with Gasteiger partial charge in [-0.25, -0.2) is 0 Å². The number of piperidine rings is 1. The van der Waals surface area contributed by atoms with Crippen LogP contribution in [0.3, 0.4) is 0 Å². The van der Waals surface area contributed by atoms with Gasteiger partial charge in [-0.1, -0.05) is 37.1 Å². The van der Waals surface area contributed by atoms with Crippen LogP contribution >= 0.6 is 11.6 Å². The molecule has 1 saturated heterocycles. The fraction of sp³-hybridized carbons (Fsp3) is 0.625. The highest BCUT2D eigenvalue weighted by Gasteiger charge is 2.18. The molecule has 0 radical (unpaired) electrons. The number of likely N-dealkylation sites (tertiary alicyclic amines) is 1. The second-order valence-corrected chi connectivity index (χ2v) is 6.08. The molecule has 1 heterocycles. The molecule has 106 valence electrons. The van der Waals surface area contributed by atoms with Crippen molar-refractivity contribution in [3.8, 4) is 0 Å². The first-order chi connectivity index (χ1) is 9.19. The lowest BCUT2D eigenvalue weighted by Gasteiger charge is -2.32. The predicted molar refractivity (Wildman–Crippen MR) is 82.5 cm³/mol. The molecule has 1 aliphatic heterocycles. The van der Waals surface area contributed by atoms with Gasteiger partial charge in [0.2, 0.25) is 0 Å². The molecule has 3 heteroatoms. The Morgan fingerprint density at radius 2 is 1.89 bits per heavy atom. The van der Waals surface area contributed by atoms with Crippen LogP contribution in [0.15, 0.2) is 24.3 Å². The van der Waals surface area contributed by atoms with Crippen molar-refractivity contribution in [2.75, 3.05) is 19.6 Å². The number of hydrogen-bond donors (Lipinski definition) is 1. The van der Waals surface area contributed by atoms with Gasteiger partial charge in [0.25, 0.3) is 0 Å². The monoisotopic (exact) mass is 280 g/mol. The summed E-state index contributed by atoms with van der Waals surface area (Å²) in [5.41, 5.74) is 7.43. The zero-order chi connectivity index (χ0) is 13.7. The molecule has 1 fully saturated rings. The minimum atomic E-state index is 0.126. The smallest absolute Gasteiger partial charge is 0.0406 e. The number of benzene rings is 1. The normalized spacial score (nSPS) is 19.5. The summed E-state index contributed by atoms with van der Waals surface area (Å²) in [6.07, 6.45) is 5.07. The van der Waals surface area contributed by atoms with E-state index in [2.05, 4.69) is 11.8 Å². The Kier molecular flexibility index (Phi) is 5.68. The van der Waals surface area contributed by atoms with Gasteiger partial charge in [-0.15, -0.1) is 0 Å². The van der Waals surface area contributed by atoms with Gasteiger partial charge >= 0.3 is 0 Å². The molecule has 0 amide bonds. The van der Waals surface area contributed by atoms with Gasteiger partial charge in [-0.05, 0) is 62.5 Å². The summed E-state index contributed by atoms with van der Waals surface area (Å²) >= 11 is 5.89. The van der Waals surface area contributed by atoms with E-state index in [1.54, 1.807) is 0 Å². The molecule has 0 spiro atoms. The molecular formula is C16H25ClN2. The van der Waals surface area contributed by atoms with E-state index in [1.807, 2.05) is 24.3 Å². The van der Waals surface area contributed by atoms with Crippen molar-refractivity contribution in [1.29, 1.82) is 0 Å². The Hall–Kier alpha value is -0.570. The first kappa shape index (κ1) is 14.8. The largest absolute Gasteiger partial charge is 0.324 e. The number of hydrogen-bond acceptors (Lipinski definition) is 2. The van der Waals surface area contributed by atoms with E-state index in [9.17, 15) is 0 Å². The minimum absolute atomic E-state index is 0.126. The van der Waals surface area contributed by atoms with E-state index < -0.39 is 0 Å². The summed E-state index contributed by atoms with van der Waals surface area (Å²) in [6, 6.07) is 8.04. The van der Waals surface area contributed by atoms with Crippen molar-refractivity contribution in [2.24, 2.45) is 11.7 Å². The third kappa shape index (κ3) is 4.48. The molecule has 1 aliphatic rings. The molecule has 1 unspecified atom stereocenters. The molecule has 0 saturated carbocycles. The van der Waals surface area contributed by atoms with Crippen LogP contribution in [0.1, 0.15) is 44.2 Å². The first-order valence-corrected chi connectivity index (χ1v) is 7.80. The van der Waals surface area contributed by atoms with Gasteiger partial charge in [0, 0.05) is 11.1 Å². The zero-order valence-corrected chi connectivity index (χ0v) is 12.6. The standard InChI is InChI=1S/C16H25ClN2/c1-2-13-7-10-19(11-8-13)12-9-16(18)14-3-5-15(17)6-4-14/h3-6,13,16H,2,7-12,18H2,1H3. The maximum Gasteiger partial charge on any atom is 0.0406 e. The fourth-order valence-corrected chi connectivity index (χ4v) is 2.94. The molecular weight excluding hydrogens is 256 g/mol. The number of nitrogens with two attached hydrogens (primary N) is 1. The van der Waals surface area contributed by atoms with Crippen LogP contribution in [0.25, 0.3) is 0 Å². The SMILES string of the molecule is CCC1CCN(CCC(N)c2ccc(Cl)cc2)CC1. The van der Waals surface area contributed by atoms with E-state index in [4.69, 9.17) is 17.3 Å².